The number of fused-ring (bicyclic) bond motifs is 1. The number of nitrogens with zero attached hydrogens (tertiary/aromatic N) is 3. The van der Waals surface area contributed by atoms with Gasteiger partial charge in [-0.25, -0.2) is 14.2 Å². The number of halogens is 4. The average Bonchev–Trinajstić information content (AvgIpc) is 2.66. The molecule has 148 valence electrons. The van der Waals surface area contributed by atoms with E-state index in [1.807, 2.05) is 0 Å². The van der Waals surface area contributed by atoms with E-state index in [0.717, 1.165) is 15.2 Å². The van der Waals surface area contributed by atoms with Crippen LogP contribution >= 0.6 is 0 Å². The van der Waals surface area contributed by atoms with Gasteiger partial charge in [0.15, 0.2) is 0 Å². The van der Waals surface area contributed by atoms with E-state index in [1.165, 1.54) is 31.3 Å². The molecule has 0 aliphatic rings. The molecule has 0 spiro atoms. The molecule has 0 fully saturated rings. The monoisotopic (exact) mass is 397 g/mol. The van der Waals surface area contributed by atoms with Crippen LogP contribution in [0.3, 0.4) is 0 Å². The Morgan fingerprint density at radius 3 is 2.39 bits per heavy atom. The third-order valence-corrected chi connectivity index (χ3v) is 4.09. The van der Waals surface area contributed by atoms with Crippen LogP contribution in [0.1, 0.15) is 12.1 Å². The van der Waals surface area contributed by atoms with Crippen LogP contribution in [0.25, 0.3) is 11.0 Å². The molecule has 1 aromatic carbocycles. The van der Waals surface area contributed by atoms with E-state index in [2.05, 4.69) is 4.98 Å². The van der Waals surface area contributed by atoms with Crippen molar-refractivity contribution in [2.75, 3.05) is 6.61 Å². The van der Waals surface area contributed by atoms with E-state index < -0.39 is 28.9 Å². The zero-order valence-electron chi connectivity index (χ0n) is 14.7. The van der Waals surface area contributed by atoms with E-state index in [9.17, 15) is 27.2 Å². The number of alkyl halides is 3. The van der Waals surface area contributed by atoms with Crippen LogP contribution in [0, 0.1) is 5.82 Å². The lowest BCUT2D eigenvalue weighted by Crippen LogP contribution is -2.39. The van der Waals surface area contributed by atoms with Crippen LogP contribution in [0.15, 0.2) is 46.0 Å². The van der Waals surface area contributed by atoms with Crippen LogP contribution < -0.4 is 16.0 Å². The number of pyridine rings is 1. The molecule has 2 aromatic heterocycles. The first kappa shape index (κ1) is 19.6. The predicted octanol–water partition coefficient (Wildman–Crippen LogP) is 2.72. The Hall–Kier alpha value is -3.17. The normalized spacial score (nSPS) is 11.8. The lowest BCUT2D eigenvalue weighted by Gasteiger charge is -2.12. The molecule has 10 heteroatoms. The first-order chi connectivity index (χ1) is 13.2. The number of ether oxygens (including phenoxy) is 1. The highest BCUT2D eigenvalue weighted by molar-refractivity contribution is 5.74. The number of hydrogen-bond donors (Lipinski definition) is 0. The molecule has 28 heavy (non-hydrogen) atoms. The largest absolute Gasteiger partial charge is 0.494 e. The first-order valence-corrected chi connectivity index (χ1v) is 8.24. The molecule has 0 saturated carbocycles. The molecular formula is C18H15F4N3O3. The van der Waals surface area contributed by atoms with Crippen molar-refractivity contribution in [1.82, 2.24) is 14.1 Å². The summed E-state index contributed by atoms with van der Waals surface area (Å²) in [6.07, 6.45) is -4.40. The molecule has 0 bridgehead atoms. The van der Waals surface area contributed by atoms with E-state index >= 15 is 0 Å². The molecular weight excluding hydrogens is 382 g/mol. The van der Waals surface area contributed by atoms with Gasteiger partial charge >= 0.3 is 11.9 Å². The minimum absolute atomic E-state index is 0.00363. The molecule has 3 aromatic rings. The van der Waals surface area contributed by atoms with Crippen LogP contribution in [0.5, 0.6) is 5.75 Å². The Kier molecular flexibility index (Phi) is 5.21. The topological polar surface area (TPSA) is 66.1 Å². The van der Waals surface area contributed by atoms with Gasteiger partial charge < -0.3 is 4.74 Å². The average molecular weight is 397 g/mol. The summed E-state index contributed by atoms with van der Waals surface area (Å²) >= 11 is 0. The van der Waals surface area contributed by atoms with E-state index in [1.54, 1.807) is 0 Å². The molecule has 0 unspecified atom stereocenters. The Morgan fingerprint density at radius 2 is 1.75 bits per heavy atom. The fraction of sp³-hybridized carbons (Fsp3) is 0.278. The number of aromatic nitrogens is 3. The summed E-state index contributed by atoms with van der Waals surface area (Å²) in [6, 6.07) is 7.08. The molecule has 0 amide bonds. The minimum atomic E-state index is -4.68. The quantitative estimate of drug-likeness (QED) is 0.491. The van der Waals surface area contributed by atoms with Crippen molar-refractivity contribution in [1.29, 1.82) is 0 Å². The maximum absolute atomic E-state index is 12.8. The van der Waals surface area contributed by atoms with Gasteiger partial charge in [-0.15, -0.1) is 0 Å². The lowest BCUT2D eigenvalue weighted by molar-refractivity contribution is -0.141. The summed E-state index contributed by atoms with van der Waals surface area (Å²) in [5.41, 5.74) is -3.00. The van der Waals surface area contributed by atoms with Gasteiger partial charge in [-0.05, 0) is 42.8 Å². The molecule has 0 saturated heterocycles. The maximum atomic E-state index is 12.8. The van der Waals surface area contributed by atoms with E-state index in [-0.39, 0.29) is 30.6 Å². The van der Waals surface area contributed by atoms with Crippen LogP contribution in [0.2, 0.25) is 0 Å². The van der Waals surface area contributed by atoms with Crippen molar-refractivity contribution in [3.05, 3.63) is 68.7 Å². The summed E-state index contributed by atoms with van der Waals surface area (Å²) < 4.78 is 58.6. The van der Waals surface area contributed by atoms with Crippen molar-refractivity contribution < 1.29 is 22.3 Å². The SMILES string of the molecule is Cn1c(=O)n(CCCOc2ccc(F)cc2)c(=O)c2ccc(C(F)(F)F)nc21. The summed E-state index contributed by atoms with van der Waals surface area (Å²) in [5, 5.41) is -0.0884. The summed E-state index contributed by atoms with van der Waals surface area (Å²) in [4.78, 5) is 28.3. The third-order valence-electron chi connectivity index (χ3n) is 4.09. The third kappa shape index (κ3) is 3.90. The molecule has 3 rings (SSSR count). The highest BCUT2D eigenvalue weighted by Gasteiger charge is 2.33. The van der Waals surface area contributed by atoms with Gasteiger partial charge in [-0.3, -0.25) is 13.9 Å². The highest BCUT2D eigenvalue weighted by atomic mass is 19.4. The van der Waals surface area contributed by atoms with Gasteiger partial charge in [0.2, 0.25) is 0 Å². The van der Waals surface area contributed by atoms with Crippen molar-refractivity contribution >= 4 is 11.0 Å². The van der Waals surface area contributed by atoms with Crippen molar-refractivity contribution in [3.63, 3.8) is 0 Å². The number of benzene rings is 1. The molecule has 2 heterocycles. The number of rotatable bonds is 5. The Morgan fingerprint density at radius 1 is 1.07 bits per heavy atom. The fourth-order valence-corrected chi connectivity index (χ4v) is 2.67. The summed E-state index contributed by atoms with van der Waals surface area (Å²) in [5.74, 6) is 0.0323. The smallest absolute Gasteiger partial charge is 0.433 e. The van der Waals surface area contributed by atoms with Gasteiger partial charge in [0, 0.05) is 13.6 Å². The molecule has 0 aliphatic carbocycles. The standard InChI is InChI=1S/C18H15F4N3O3/c1-24-15-13(7-8-14(23-15)18(20,21)22)16(26)25(17(24)27)9-2-10-28-12-5-3-11(19)4-6-12/h3-8H,2,9-10H2,1H3. The predicted molar refractivity (Wildman–Crippen MR) is 92.8 cm³/mol. The Bertz CT molecular complexity index is 1120. The van der Waals surface area contributed by atoms with Crippen LogP contribution in [0.4, 0.5) is 17.6 Å². The second-order valence-corrected chi connectivity index (χ2v) is 6.02. The second-order valence-electron chi connectivity index (χ2n) is 6.02. The lowest BCUT2D eigenvalue weighted by atomic mass is 10.2. The van der Waals surface area contributed by atoms with Gasteiger partial charge in [-0.1, -0.05) is 0 Å². The second kappa shape index (κ2) is 7.45. The van der Waals surface area contributed by atoms with Crippen molar-refractivity contribution in [3.8, 4) is 5.75 Å². The highest BCUT2D eigenvalue weighted by Crippen LogP contribution is 2.28. The van der Waals surface area contributed by atoms with Crippen LogP contribution in [-0.4, -0.2) is 20.7 Å². The summed E-state index contributed by atoms with van der Waals surface area (Å²) in [6.45, 7) is 0.161. The zero-order valence-corrected chi connectivity index (χ0v) is 14.7. The van der Waals surface area contributed by atoms with E-state index in [4.69, 9.17) is 4.74 Å². The first-order valence-electron chi connectivity index (χ1n) is 8.24. The fourth-order valence-electron chi connectivity index (χ4n) is 2.67. The van der Waals surface area contributed by atoms with Gasteiger partial charge in [0.05, 0.1) is 12.0 Å². The summed E-state index contributed by atoms with van der Waals surface area (Å²) in [7, 11) is 1.25. The molecule has 0 atom stereocenters. The van der Waals surface area contributed by atoms with Crippen molar-refractivity contribution in [2.45, 2.75) is 19.1 Å². The van der Waals surface area contributed by atoms with E-state index in [0.29, 0.717) is 11.8 Å². The Balaban J connectivity index is 1.82. The molecule has 0 N–H and O–H groups in total. The molecule has 6 nitrogen and oxygen atoms in total. The van der Waals surface area contributed by atoms with Crippen LogP contribution in [-0.2, 0) is 19.8 Å². The van der Waals surface area contributed by atoms with Gasteiger partial charge in [0.1, 0.15) is 22.9 Å². The minimum Gasteiger partial charge on any atom is -0.494 e. The maximum Gasteiger partial charge on any atom is 0.433 e. The molecule has 0 radical (unpaired) electrons. The van der Waals surface area contributed by atoms with Crippen molar-refractivity contribution in [2.24, 2.45) is 7.05 Å². The Labute approximate surface area is 155 Å². The number of hydrogen-bond acceptors (Lipinski definition) is 4. The van der Waals surface area contributed by atoms with Gasteiger partial charge in [0.25, 0.3) is 5.56 Å². The number of aryl methyl sites for hydroxylation is 1. The molecule has 0 aliphatic heterocycles. The zero-order chi connectivity index (χ0) is 20.5. The van der Waals surface area contributed by atoms with Gasteiger partial charge in [-0.2, -0.15) is 13.2 Å².